The number of aliphatic hydroxyl groups is 2. The first-order valence-corrected chi connectivity index (χ1v) is 22.3. The smallest absolute Gasteiger partial charge is 0.305 e. The van der Waals surface area contributed by atoms with Crippen molar-refractivity contribution in [2.45, 2.75) is 231 Å². The fourth-order valence-electron chi connectivity index (χ4n) is 6.42. The van der Waals surface area contributed by atoms with Crippen molar-refractivity contribution < 1.29 is 24.5 Å². The number of rotatable bonds is 40. The van der Waals surface area contributed by atoms with Crippen LogP contribution >= 0.6 is 0 Å². The Morgan fingerprint density at radius 3 is 1.50 bits per heavy atom. The van der Waals surface area contributed by atoms with Crippen LogP contribution in [-0.4, -0.2) is 47.4 Å². The molecule has 0 heterocycles. The van der Waals surface area contributed by atoms with E-state index in [1.54, 1.807) is 6.08 Å². The predicted molar refractivity (Wildman–Crippen MR) is 222 cm³/mol. The lowest BCUT2D eigenvalue weighted by Crippen LogP contribution is -2.45. The van der Waals surface area contributed by atoms with Gasteiger partial charge in [0.1, 0.15) is 0 Å². The third-order valence-corrected chi connectivity index (χ3v) is 9.91. The summed E-state index contributed by atoms with van der Waals surface area (Å²) in [6.45, 7) is 4.77. The Labute approximate surface area is 322 Å². The normalized spacial score (nSPS) is 13.1. The molecular formula is C46H85NO5. The number of nitrogens with one attached hydrogen (secondary N) is 1. The Balaban J connectivity index is 3.53. The monoisotopic (exact) mass is 732 g/mol. The van der Waals surface area contributed by atoms with Crippen molar-refractivity contribution in [2.75, 3.05) is 13.2 Å². The first-order valence-electron chi connectivity index (χ1n) is 22.3. The van der Waals surface area contributed by atoms with Crippen molar-refractivity contribution in [3.05, 3.63) is 36.5 Å². The highest BCUT2D eigenvalue weighted by Gasteiger charge is 2.18. The summed E-state index contributed by atoms with van der Waals surface area (Å²) in [5.41, 5.74) is 0. The SMILES string of the molecule is CCCCC/C=C\C/C=C\CCCCCCCC(=O)OCCCCCCCCCCCCC(=O)NC(CO)C(O)/C=C/CCCCCCCCCC. The van der Waals surface area contributed by atoms with Crippen LogP contribution in [0.1, 0.15) is 219 Å². The van der Waals surface area contributed by atoms with Crippen molar-refractivity contribution in [1.82, 2.24) is 5.32 Å². The lowest BCUT2D eigenvalue weighted by molar-refractivity contribution is -0.143. The summed E-state index contributed by atoms with van der Waals surface area (Å²) in [4.78, 5) is 24.3. The van der Waals surface area contributed by atoms with Gasteiger partial charge in [0.25, 0.3) is 0 Å². The molecule has 52 heavy (non-hydrogen) atoms. The number of esters is 1. The molecule has 0 aliphatic heterocycles. The minimum atomic E-state index is -0.858. The highest BCUT2D eigenvalue weighted by Crippen LogP contribution is 2.14. The summed E-state index contributed by atoms with van der Waals surface area (Å²) >= 11 is 0. The van der Waals surface area contributed by atoms with Crippen LogP contribution in [0.3, 0.4) is 0 Å². The third-order valence-electron chi connectivity index (χ3n) is 9.91. The molecule has 0 saturated heterocycles. The maximum Gasteiger partial charge on any atom is 0.305 e. The summed E-state index contributed by atoms with van der Waals surface area (Å²) in [6.07, 6.45) is 48.4. The summed E-state index contributed by atoms with van der Waals surface area (Å²) in [7, 11) is 0. The predicted octanol–water partition coefficient (Wildman–Crippen LogP) is 12.6. The maximum atomic E-state index is 12.3. The first kappa shape index (κ1) is 50.1. The molecule has 0 radical (unpaired) electrons. The minimum absolute atomic E-state index is 0.0364. The van der Waals surface area contributed by atoms with Gasteiger partial charge in [-0.1, -0.05) is 179 Å². The standard InChI is InChI=1S/C46H85NO5/c1-3-5-7-9-11-13-15-16-17-18-19-24-28-32-36-40-46(51)52-41-37-33-29-25-21-20-23-27-31-35-39-45(50)47-43(42-48)44(49)38-34-30-26-22-14-12-10-8-6-4-2/h11,13,16-17,34,38,43-44,48-49H,3-10,12,14-15,18-33,35-37,39-42H2,1-2H3,(H,47,50)/b13-11-,17-16-,38-34+. The van der Waals surface area contributed by atoms with Crippen molar-refractivity contribution in [3.8, 4) is 0 Å². The molecule has 0 aromatic carbocycles. The van der Waals surface area contributed by atoms with Gasteiger partial charge in [0, 0.05) is 12.8 Å². The van der Waals surface area contributed by atoms with Gasteiger partial charge >= 0.3 is 5.97 Å². The second kappa shape index (κ2) is 41.8. The van der Waals surface area contributed by atoms with Crippen LogP contribution in [0.5, 0.6) is 0 Å². The Hall–Kier alpha value is -1.92. The van der Waals surface area contributed by atoms with Crippen LogP contribution in [0, 0.1) is 0 Å². The Bertz CT molecular complexity index is 854. The van der Waals surface area contributed by atoms with Gasteiger partial charge in [0.2, 0.25) is 5.91 Å². The minimum Gasteiger partial charge on any atom is -0.466 e. The van der Waals surface area contributed by atoms with Crippen molar-refractivity contribution in [1.29, 1.82) is 0 Å². The van der Waals surface area contributed by atoms with E-state index in [1.807, 2.05) is 6.08 Å². The molecule has 304 valence electrons. The van der Waals surface area contributed by atoms with E-state index in [-0.39, 0.29) is 18.5 Å². The van der Waals surface area contributed by atoms with E-state index in [0.29, 0.717) is 19.4 Å². The molecule has 1 amide bonds. The molecule has 3 N–H and O–H groups in total. The number of carbonyl (C=O) groups is 2. The molecule has 6 heteroatoms. The second-order valence-electron chi connectivity index (χ2n) is 15.0. The highest BCUT2D eigenvalue weighted by atomic mass is 16.5. The molecule has 0 aliphatic rings. The van der Waals surface area contributed by atoms with Gasteiger partial charge < -0.3 is 20.3 Å². The van der Waals surface area contributed by atoms with Crippen LogP contribution in [0.25, 0.3) is 0 Å². The molecule has 0 aromatic rings. The molecule has 2 atom stereocenters. The quantitative estimate of drug-likeness (QED) is 0.0331. The van der Waals surface area contributed by atoms with Gasteiger partial charge in [-0.25, -0.2) is 0 Å². The molecule has 0 aliphatic carbocycles. The van der Waals surface area contributed by atoms with Crippen LogP contribution in [0.4, 0.5) is 0 Å². The summed E-state index contributed by atoms with van der Waals surface area (Å²) in [6, 6.07) is -0.643. The van der Waals surface area contributed by atoms with Crippen molar-refractivity contribution >= 4 is 11.9 Å². The molecule has 0 bridgehead atoms. The van der Waals surface area contributed by atoms with E-state index in [2.05, 4.69) is 43.5 Å². The van der Waals surface area contributed by atoms with E-state index in [0.717, 1.165) is 70.6 Å². The Kier molecular flexibility index (Phi) is 40.3. The number of hydrogen-bond donors (Lipinski definition) is 3. The van der Waals surface area contributed by atoms with Gasteiger partial charge in [0.05, 0.1) is 25.4 Å². The van der Waals surface area contributed by atoms with Crippen LogP contribution in [0.15, 0.2) is 36.5 Å². The molecule has 0 spiro atoms. The van der Waals surface area contributed by atoms with Crippen LogP contribution in [0.2, 0.25) is 0 Å². The molecular weight excluding hydrogens is 647 g/mol. The number of ether oxygens (including phenoxy) is 1. The van der Waals surface area contributed by atoms with Crippen molar-refractivity contribution in [2.24, 2.45) is 0 Å². The van der Waals surface area contributed by atoms with Crippen LogP contribution in [-0.2, 0) is 14.3 Å². The average molecular weight is 732 g/mol. The molecule has 0 aromatic heterocycles. The van der Waals surface area contributed by atoms with Gasteiger partial charge in [-0.15, -0.1) is 0 Å². The van der Waals surface area contributed by atoms with E-state index < -0.39 is 12.1 Å². The van der Waals surface area contributed by atoms with E-state index in [1.165, 1.54) is 122 Å². The number of unbranched alkanes of at least 4 members (excludes halogenated alkanes) is 25. The summed E-state index contributed by atoms with van der Waals surface area (Å²) in [5.74, 6) is -0.132. The number of aliphatic hydroxyl groups excluding tert-OH is 2. The molecule has 2 unspecified atom stereocenters. The largest absolute Gasteiger partial charge is 0.466 e. The summed E-state index contributed by atoms with van der Waals surface area (Å²) < 4.78 is 5.43. The van der Waals surface area contributed by atoms with E-state index in [4.69, 9.17) is 4.74 Å². The van der Waals surface area contributed by atoms with Crippen molar-refractivity contribution in [3.63, 3.8) is 0 Å². The maximum absolute atomic E-state index is 12.3. The zero-order valence-corrected chi connectivity index (χ0v) is 34.3. The molecule has 0 fully saturated rings. The fraction of sp³-hybridized carbons (Fsp3) is 0.826. The second-order valence-corrected chi connectivity index (χ2v) is 15.0. The van der Waals surface area contributed by atoms with E-state index in [9.17, 15) is 19.8 Å². The topological polar surface area (TPSA) is 95.9 Å². The lowest BCUT2D eigenvalue weighted by Gasteiger charge is -2.20. The zero-order valence-electron chi connectivity index (χ0n) is 34.3. The van der Waals surface area contributed by atoms with E-state index >= 15 is 0 Å². The fourth-order valence-corrected chi connectivity index (χ4v) is 6.42. The third kappa shape index (κ3) is 37.8. The van der Waals surface area contributed by atoms with Gasteiger partial charge in [-0.2, -0.15) is 0 Å². The number of hydrogen-bond acceptors (Lipinski definition) is 5. The molecule has 0 saturated carbocycles. The first-order chi connectivity index (χ1) is 25.5. The summed E-state index contributed by atoms with van der Waals surface area (Å²) in [5, 5.41) is 22.9. The van der Waals surface area contributed by atoms with Crippen LogP contribution < -0.4 is 5.32 Å². The lowest BCUT2D eigenvalue weighted by atomic mass is 10.1. The van der Waals surface area contributed by atoms with Gasteiger partial charge in [-0.05, 0) is 64.2 Å². The number of amides is 1. The number of allylic oxidation sites excluding steroid dienone is 5. The Morgan fingerprint density at radius 1 is 0.538 bits per heavy atom. The molecule has 0 rings (SSSR count). The average Bonchev–Trinajstić information content (AvgIpc) is 3.14. The highest BCUT2D eigenvalue weighted by molar-refractivity contribution is 5.76. The molecule has 6 nitrogen and oxygen atoms in total. The van der Waals surface area contributed by atoms with Gasteiger partial charge in [-0.3, -0.25) is 9.59 Å². The Morgan fingerprint density at radius 2 is 0.962 bits per heavy atom. The van der Waals surface area contributed by atoms with Gasteiger partial charge in [0.15, 0.2) is 0 Å². The number of carbonyl (C=O) groups excluding carboxylic acids is 2. The zero-order chi connectivity index (χ0) is 38.0.